The van der Waals surface area contributed by atoms with Crippen molar-refractivity contribution in [3.05, 3.63) is 41.1 Å². The highest BCUT2D eigenvalue weighted by Gasteiger charge is 1.95. The summed E-state index contributed by atoms with van der Waals surface area (Å²) < 4.78 is 0.345. The number of hydrogen-bond acceptors (Lipinski definition) is 5. The summed E-state index contributed by atoms with van der Waals surface area (Å²) in [5.41, 5.74) is 7.14. The molecule has 0 spiro atoms. The van der Waals surface area contributed by atoms with Crippen molar-refractivity contribution in [2.24, 2.45) is 4.99 Å². The second-order valence-corrected chi connectivity index (χ2v) is 3.42. The molecule has 5 nitrogen and oxygen atoms in total. The first-order valence-electron chi connectivity index (χ1n) is 4.54. The lowest BCUT2D eigenvalue weighted by Gasteiger charge is -1.97. The predicted octanol–water partition coefficient (Wildman–Crippen LogP) is 1.87. The van der Waals surface area contributed by atoms with Gasteiger partial charge in [-0.25, -0.2) is 4.98 Å². The van der Waals surface area contributed by atoms with Gasteiger partial charge >= 0.3 is 0 Å². The molecule has 0 aromatic carbocycles. The molecule has 2 aromatic heterocycles. The Balaban J connectivity index is 2.28. The minimum absolute atomic E-state index is 0.345. The van der Waals surface area contributed by atoms with Crippen molar-refractivity contribution in [3.8, 4) is 0 Å². The maximum absolute atomic E-state index is 5.69. The average molecular weight is 231 g/mol. The van der Waals surface area contributed by atoms with Crippen molar-refractivity contribution in [1.82, 2.24) is 15.0 Å². The number of nitrogens with one attached hydrogen (secondary N) is 1. The van der Waals surface area contributed by atoms with Gasteiger partial charge in [-0.1, -0.05) is 6.07 Å². The summed E-state index contributed by atoms with van der Waals surface area (Å²) >= 11 is 4.83. The Morgan fingerprint density at radius 1 is 1.44 bits per heavy atom. The lowest BCUT2D eigenvalue weighted by Crippen LogP contribution is -1.92. The number of H-pyrrole nitrogens is 1. The van der Waals surface area contributed by atoms with E-state index in [2.05, 4.69) is 19.9 Å². The van der Waals surface area contributed by atoms with Gasteiger partial charge in [-0.3, -0.25) is 9.98 Å². The van der Waals surface area contributed by atoms with Crippen LogP contribution in [-0.2, 0) is 0 Å². The van der Waals surface area contributed by atoms with E-state index in [0.29, 0.717) is 16.3 Å². The average Bonchev–Trinajstić information content (AvgIpc) is 2.29. The third-order valence-corrected chi connectivity index (χ3v) is 2.07. The number of hydrogen-bond donors (Lipinski definition) is 2. The molecule has 0 fully saturated rings. The molecule has 0 amide bonds. The Hall–Kier alpha value is -2.08. The molecule has 2 heterocycles. The highest BCUT2D eigenvalue weighted by atomic mass is 32.1. The van der Waals surface area contributed by atoms with Gasteiger partial charge in [0.15, 0.2) is 4.77 Å². The number of pyridine rings is 1. The van der Waals surface area contributed by atoms with E-state index in [9.17, 15) is 0 Å². The molecule has 0 saturated carbocycles. The fourth-order valence-electron chi connectivity index (χ4n) is 1.10. The zero-order valence-corrected chi connectivity index (χ0v) is 9.11. The number of rotatable bonds is 2. The van der Waals surface area contributed by atoms with Crippen LogP contribution in [0.25, 0.3) is 0 Å². The maximum atomic E-state index is 5.69. The molecule has 80 valence electrons. The molecule has 0 aliphatic carbocycles. The van der Waals surface area contributed by atoms with Crippen molar-refractivity contribution in [1.29, 1.82) is 0 Å². The smallest absolute Gasteiger partial charge is 0.198 e. The zero-order valence-electron chi connectivity index (χ0n) is 8.29. The molecule has 6 heteroatoms. The molecule has 0 aliphatic rings. The fourth-order valence-corrected chi connectivity index (χ4v) is 1.26. The van der Waals surface area contributed by atoms with Crippen LogP contribution in [0.1, 0.15) is 5.56 Å². The van der Waals surface area contributed by atoms with E-state index >= 15 is 0 Å². The van der Waals surface area contributed by atoms with Crippen molar-refractivity contribution in [3.63, 3.8) is 0 Å². The van der Waals surface area contributed by atoms with Gasteiger partial charge in [-0.05, 0) is 18.3 Å². The zero-order chi connectivity index (χ0) is 11.4. The summed E-state index contributed by atoms with van der Waals surface area (Å²) in [6.07, 6.45) is 6.60. The topological polar surface area (TPSA) is 80.0 Å². The van der Waals surface area contributed by atoms with Gasteiger partial charge < -0.3 is 10.7 Å². The minimum atomic E-state index is 0.345. The molecule has 0 aliphatic heterocycles. The van der Waals surface area contributed by atoms with Crippen LogP contribution in [0.4, 0.5) is 11.5 Å². The van der Waals surface area contributed by atoms with Crippen molar-refractivity contribution in [2.45, 2.75) is 0 Å². The molecule has 2 aromatic rings. The molecule has 0 saturated heterocycles. The number of nitrogens with zero attached hydrogens (tertiary/aromatic N) is 3. The van der Waals surface area contributed by atoms with E-state index in [0.717, 1.165) is 5.56 Å². The number of aromatic amines is 1. The van der Waals surface area contributed by atoms with E-state index in [1.54, 1.807) is 18.6 Å². The van der Waals surface area contributed by atoms with Crippen LogP contribution >= 0.6 is 12.2 Å². The standard InChI is InChI=1S/C10H9N5S/c11-9-8(6-14-10(16)15-9)13-5-7-2-1-3-12-4-7/h1-6H,(H3,11,14,15,16). The normalized spacial score (nSPS) is 10.8. The number of anilines is 1. The molecule has 16 heavy (non-hydrogen) atoms. The van der Waals surface area contributed by atoms with Gasteiger partial charge in [0.2, 0.25) is 0 Å². The molecule has 0 radical (unpaired) electrons. The molecule has 2 rings (SSSR count). The molecular formula is C10H9N5S. The van der Waals surface area contributed by atoms with Crippen molar-refractivity contribution in [2.75, 3.05) is 5.73 Å². The van der Waals surface area contributed by atoms with Gasteiger partial charge in [0.25, 0.3) is 0 Å². The van der Waals surface area contributed by atoms with Crippen molar-refractivity contribution < 1.29 is 0 Å². The van der Waals surface area contributed by atoms with Crippen LogP contribution in [0.15, 0.2) is 35.7 Å². The summed E-state index contributed by atoms with van der Waals surface area (Å²) in [5.74, 6) is 0.403. The van der Waals surface area contributed by atoms with Crippen LogP contribution in [0.5, 0.6) is 0 Å². The van der Waals surface area contributed by atoms with E-state index < -0.39 is 0 Å². The monoisotopic (exact) mass is 231 g/mol. The van der Waals surface area contributed by atoms with Crippen LogP contribution < -0.4 is 5.73 Å². The fraction of sp³-hybridized carbons (Fsp3) is 0. The maximum Gasteiger partial charge on any atom is 0.198 e. The van der Waals surface area contributed by atoms with E-state index in [4.69, 9.17) is 18.0 Å². The molecule has 0 unspecified atom stereocenters. The molecular weight excluding hydrogens is 222 g/mol. The minimum Gasteiger partial charge on any atom is -0.383 e. The Morgan fingerprint density at radius 3 is 3.00 bits per heavy atom. The Bertz CT molecular complexity index is 561. The lowest BCUT2D eigenvalue weighted by atomic mass is 10.3. The van der Waals surface area contributed by atoms with Gasteiger partial charge in [-0.15, -0.1) is 0 Å². The quantitative estimate of drug-likeness (QED) is 0.610. The lowest BCUT2D eigenvalue weighted by molar-refractivity contribution is 1.14. The summed E-state index contributed by atoms with van der Waals surface area (Å²) in [6, 6.07) is 3.73. The van der Waals surface area contributed by atoms with E-state index in [1.165, 1.54) is 6.20 Å². The number of aromatic nitrogens is 3. The Labute approximate surface area is 97.1 Å². The third-order valence-electron chi connectivity index (χ3n) is 1.86. The van der Waals surface area contributed by atoms with Gasteiger partial charge in [0, 0.05) is 24.2 Å². The first-order valence-corrected chi connectivity index (χ1v) is 4.95. The Kier molecular flexibility index (Phi) is 3.02. The van der Waals surface area contributed by atoms with Crippen molar-refractivity contribution >= 4 is 29.9 Å². The van der Waals surface area contributed by atoms with Crippen LogP contribution in [0, 0.1) is 4.77 Å². The first-order chi connectivity index (χ1) is 7.75. The highest BCUT2D eigenvalue weighted by molar-refractivity contribution is 7.71. The van der Waals surface area contributed by atoms with E-state index in [1.807, 2.05) is 12.1 Å². The van der Waals surface area contributed by atoms with Crippen LogP contribution in [-0.4, -0.2) is 21.2 Å². The van der Waals surface area contributed by atoms with Gasteiger partial charge in [0.1, 0.15) is 11.5 Å². The summed E-state index contributed by atoms with van der Waals surface area (Å²) in [4.78, 5) is 14.8. The third kappa shape index (κ3) is 2.48. The molecule has 0 bridgehead atoms. The molecule has 0 atom stereocenters. The number of nitrogens with two attached hydrogens (primary N) is 1. The number of nitrogen functional groups attached to an aromatic ring is 1. The predicted molar refractivity (Wildman–Crippen MR) is 65.3 cm³/mol. The Morgan fingerprint density at radius 2 is 2.31 bits per heavy atom. The second kappa shape index (κ2) is 4.63. The molecule has 3 N–H and O–H groups in total. The van der Waals surface area contributed by atoms with Gasteiger partial charge in [-0.2, -0.15) is 0 Å². The summed E-state index contributed by atoms with van der Waals surface area (Å²) in [7, 11) is 0. The van der Waals surface area contributed by atoms with Crippen LogP contribution in [0.2, 0.25) is 0 Å². The second-order valence-electron chi connectivity index (χ2n) is 3.03. The van der Waals surface area contributed by atoms with Gasteiger partial charge in [0.05, 0.1) is 6.20 Å². The largest absolute Gasteiger partial charge is 0.383 e. The SMILES string of the molecule is Nc1[nH]c(=S)ncc1N=Cc1cccnc1. The summed E-state index contributed by atoms with van der Waals surface area (Å²) in [6.45, 7) is 0. The van der Waals surface area contributed by atoms with Crippen LogP contribution in [0.3, 0.4) is 0 Å². The van der Waals surface area contributed by atoms with E-state index in [-0.39, 0.29) is 0 Å². The summed E-state index contributed by atoms with van der Waals surface area (Å²) in [5, 5.41) is 0. The number of aliphatic imine (C=N–C) groups is 1. The first kappa shape index (κ1) is 10.4. The highest BCUT2D eigenvalue weighted by Crippen LogP contribution is 2.16.